The van der Waals surface area contributed by atoms with E-state index in [4.69, 9.17) is 4.42 Å². The normalized spacial score (nSPS) is 16.3. The van der Waals surface area contributed by atoms with E-state index in [0.29, 0.717) is 0 Å². The van der Waals surface area contributed by atoms with Gasteiger partial charge in [-0.15, -0.1) is 0 Å². The highest BCUT2D eigenvalue weighted by Crippen LogP contribution is 1.81. The molecule has 3 heteroatoms. The number of rotatable bonds is 0. The van der Waals surface area contributed by atoms with Crippen LogP contribution >= 0.6 is 0 Å². The van der Waals surface area contributed by atoms with Gasteiger partial charge in [-0.1, -0.05) is 0 Å². The zero-order valence-corrected chi connectivity index (χ0v) is 5.87. The molecule has 0 unspecified atom stereocenters. The maximum Gasteiger partial charge on any atom is 0.394 e. The Morgan fingerprint density at radius 2 is 2.60 bits per heavy atom. The fourth-order valence-electron chi connectivity index (χ4n) is 1.17. The summed E-state index contributed by atoms with van der Waals surface area (Å²) in [6.45, 7) is 1.03. The van der Waals surface area contributed by atoms with E-state index in [0.717, 1.165) is 23.9 Å². The van der Waals surface area contributed by atoms with Crippen molar-refractivity contribution in [3.63, 3.8) is 0 Å². The Hall–Kier alpha value is -1.12. The zero-order valence-electron chi connectivity index (χ0n) is 5.87. The smallest absolute Gasteiger partial charge is 0.392 e. The lowest BCUT2D eigenvalue weighted by atomic mass is 10.3. The lowest BCUT2D eigenvalue weighted by molar-refractivity contribution is 0.444. The van der Waals surface area contributed by atoms with E-state index in [-0.39, 0.29) is 0 Å². The molecule has 10 heavy (non-hydrogen) atoms. The molecule has 0 atom stereocenters. The van der Waals surface area contributed by atoms with E-state index in [1.807, 2.05) is 7.05 Å². The van der Waals surface area contributed by atoms with Crippen LogP contribution in [0, 0.1) is 0 Å². The third kappa shape index (κ3) is 0.667. The van der Waals surface area contributed by atoms with E-state index in [9.17, 15) is 0 Å². The van der Waals surface area contributed by atoms with Crippen LogP contribution in [0.25, 0.3) is 6.08 Å². The van der Waals surface area contributed by atoms with Crippen LogP contribution in [0.15, 0.2) is 10.8 Å². The highest BCUT2D eigenvalue weighted by Gasteiger charge is 2.08. The Morgan fingerprint density at radius 3 is 3.40 bits per heavy atom. The van der Waals surface area contributed by atoms with Crippen LogP contribution < -0.4 is 15.5 Å². The van der Waals surface area contributed by atoms with Crippen LogP contribution in [0.1, 0.15) is 6.42 Å². The number of hydrogen-bond donors (Lipinski definition) is 0. The van der Waals surface area contributed by atoms with Gasteiger partial charge < -0.3 is 4.42 Å². The summed E-state index contributed by atoms with van der Waals surface area (Å²) < 4.78 is 7.22. The molecule has 3 nitrogen and oxygen atoms in total. The average Bonchev–Trinajstić information content (AvgIpc) is 2.36. The lowest BCUT2D eigenvalue weighted by Crippen LogP contribution is -2.39. The van der Waals surface area contributed by atoms with Crippen molar-refractivity contribution in [3.05, 3.63) is 17.3 Å². The highest BCUT2D eigenvalue weighted by atomic mass is 16.3. The molecule has 2 heterocycles. The van der Waals surface area contributed by atoms with Crippen molar-refractivity contribution in [2.24, 2.45) is 0 Å². The van der Waals surface area contributed by atoms with Crippen LogP contribution in [0.2, 0.25) is 0 Å². The quantitative estimate of drug-likeness (QED) is 0.428. The largest absolute Gasteiger partial charge is 0.394 e. The Bertz CT molecular complexity index is 350. The predicted octanol–water partition coefficient (Wildman–Crippen LogP) is -1.02. The number of oxazole rings is 1. The second-order valence-corrected chi connectivity index (χ2v) is 2.46. The summed E-state index contributed by atoms with van der Waals surface area (Å²) in [6, 6.07) is 0. The van der Waals surface area contributed by atoms with E-state index in [1.165, 1.54) is 6.39 Å². The standard InChI is InChI=1S/C7H9N2O/c1-9-4-2-3-6-7(9)10-5-8-6/h3,5H,2,4H2,1H3/q+1. The van der Waals surface area contributed by atoms with Gasteiger partial charge >= 0.3 is 5.55 Å². The van der Waals surface area contributed by atoms with E-state index in [1.54, 1.807) is 0 Å². The fraction of sp³-hybridized carbons (Fsp3) is 0.429. The molecule has 0 bridgehead atoms. The summed E-state index contributed by atoms with van der Waals surface area (Å²) in [7, 11) is 2.01. The van der Waals surface area contributed by atoms with Gasteiger partial charge in [0.05, 0.1) is 0 Å². The Morgan fingerprint density at radius 1 is 1.70 bits per heavy atom. The topological polar surface area (TPSA) is 29.0 Å². The summed E-state index contributed by atoms with van der Waals surface area (Å²) in [6.07, 6.45) is 4.65. The maximum absolute atomic E-state index is 5.15. The zero-order chi connectivity index (χ0) is 6.97. The van der Waals surface area contributed by atoms with Crippen LogP contribution in [-0.4, -0.2) is 18.6 Å². The monoisotopic (exact) mass is 137 g/mol. The predicted molar refractivity (Wildman–Crippen MR) is 36.9 cm³/mol. The van der Waals surface area contributed by atoms with Gasteiger partial charge in [0.1, 0.15) is 13.6 Å². The number of fused-ring (bicyclic) bond motifs is 1. The molecule has 2 rings (SSSR count). The molecular weight excluding hydrogens is 128 g/mol. The average molecular weight is 137 g/mol. The molecule has 0 aliphatic carbocycles. The van der Waals surface area contributed by atoms with Crippen LogP contribution in [0.3, 0.4) is 0 Å². The van der Waals surface area contributed by atoms with Crippen LogP contribution in [0.4, 0.5) is 0 Å². The summed E-state index contributed by atoms with van der Waals surface area (Å²) in [5.74, 6) is 0. The Kier molecular flexibility index (Phi) is 1.09. The van der Waals surface area contributed by atoms with Crippen molar-refractivity contribution < 1.29 is 4.42 Å². The van der Waals surface area contributed by atoms with Crippen LogP contribution in [0.5, 0.6) is 0 Å². The minimum absolute atomic E-state index is 0.895. The van der Waals surface area contributed by atoms with Crippen molar-refractivity contribution in [3.8, 4) is 0 Å². The van der Waals surface area contributed by atoms with Crippen molar-refractivity contribution in [2.45, 2.75) is 6.42 Å². The van der Waals surface area contributed by atoms with Crippen LogP contribution in [-0.2, 0) is 0 Å². The van der Waals surface area contributed by atoms with Gasteiger partial charge in [0.25, 0.3) is 0 Å². The van der Waals surface area contributed by atoms with Gasteiger partial charge in [-0.2, -0.15) is 4.58 Å². The molecule has 1 aromatic heterocycles. The summed E-state index contributed by atoms with van der Waals surface area (Å²) in [5.41, 5.74) is 0.895. The van der Waals surface area contributed by atoms with E-state index in [2.05, 4.69) is 15.6 Å². The third-order valence-electron chi connectivity index (χ3n) is 1.72. The number of hydrogen-bond acceptors (Lipinski definition) is 2. The van der Waals surface area contributed by atoms with E-state index >= 15 is 0 Å². The molecule has 0 aromatic carbocycles. The molecule has 0 N–H and O–H groups in total. The molecule has 0 fully saturated rings. The minimum atomic E-state index is 0.895. The second-order valence-electron chi connectivity index (χ2n) is 2.46. The van der Waals surface area contributed by atoms with Crippen molar-refractivity contribution in [1.29, 1.82) is 0 Å². The maximum atomic E-state index is 5.15. The van der Waals surface area contributed by atoms with Gasteiger partial charge in [-0.3, -0.25) is 0 Å². The lowest BCUT2D eigenvalue weighted by Gasteiger charge is -1.93. The summed E-state index contributed by atoms with van der Waals surface area (Å²) in [5, 5.41) is 0.980. The molecule has 0 amide bonds. The van der Waals surface area contributed by atoms with Gasteiger partial charge in [0.15, 0.2) is 11.7 Å². The highest BCUT2D eigenvalue weighted by molar-refractivity contribution is 5.18. The number of nitrogens with zero attached hydrogens (tertiary/aromatic N) is 2. The molecule has 0 spiro atoms. The molecular formula is C7H9N2O+. The SMILES string of the molecule is C[N+]1=c2ocnc2=CCC1. The van der Waals surface area contributed by atoms with Gasteiger partial charge in [-0.25, -0.2) is 4.98 Å². The minimum Gasteiger partial charge on any atom is -0.392 e. The molecule has 1 aliphatic rings. The Balaban J connectivity index is 2.91. The molecule has 1 aliphatic heterocycles. The summed E-state index contributed by atoms with van der Waals surface area (Å²) in [4.78, 5) is 4.04. The van der Waals surface area contributed by atoms with Crippen molar-refractivity contribution in [1.82, 2.24) is 9.56 Å². The van der Waals surface area contributed by atoms with Crippen molar-refractivity contribution >= 4 is 6.08 Å². The van der Waals surface area contributed by atoms with Gasteiger partial charge in [0.2, 0.25) is 0 Å². The first-order valence-corrected chi connectivity index (χ1v) is 3.36. The first-order chi connectivity index (χ1) is 4.88. The Labute approximate surface area is 58.3 Å². The van der Waals surface area contributed by atoms with Crippen molar-refractivity contribution in [2.75, 3.05) is 13.6 Å². The number of aromatic nitrogens is 1. The molecule has 1 aromatic rings. The molecule has 0 saturated carbocycles. The third-order valence-corrected chi connectivity index (χ3v) is 1.72. The molecule has 0 radical (unpaired) electrons. The van der Waals surface area contributed by atoms with E-state index < -0.39 is 0 Å². The first-order valence-electron chi connectivity index (χ1n) is 3.36. The molecule has 52 valence electrons. The fourth-order valence-corrected chi connectivity index (χ4v) is 1.17. The van der Waals surface area contributed by atoms with Gasteiger partial charge in [0, 0.05) is 6.42 Å². The molecule has 0 saturated heterocycles. The summed E-state index contributed by atoms with van der Waals surface area (Å²) >= 11 is 0. The first kappa shape index (κ1) is 5.65. The van der Waals surface area contributed by atoms with Gasteiger partial charge in [-0.05, 0) is 6.08 Å². The second kappa shape index (κ2) is 1.94.